The lowest BCUT2D eigenvalue weighted by Crippen LogP contribution is -2.41. The van der Waals surface area contributed by atoms with E-state index in [0.717, 1.165) is 42.1 Å². The molecule has 2 aromatic carbocycles. The van der Waals surface area contributed by atoms with Gasteiger partial charge in [-0.15, -0.1) is 0 Å². The number of hydrogen-bond acceptors (Lipinski definition) is 3. The van der Waals surface area contributed by atoms with Crippen molar-refractivity contribution < 1.29 is 9.53 Å². The van der Waals surface area contributed by atoms with Crippen LogP contribution < -0.4 is 15.4 Å². The molecule has 3 aromatic rings. The number of urea groups is 1. The third kappa shape index (κ3) is 4.08. The Morgan fingerprint density at radius 2 is 1.86 bits per heavy atom. The van der Waals surface area contributed by atoms with Crippen LogP contribution in [0.15, 0.2) is 59.1 Å². The molecule has 1 aliphatic heterocycles. The average molecular weight is 483 g/mol. The van der Waals surface area contributed by atoms with Gasteiger partial charge in [0.15, 0.2) is 0 Å². The molecule has 0 atom stereocenters. The van der Waals surface area contributed by atoms with E-state index in [-0.39, 0.29) is 6.03 Å². The highest BCUT2D eigenvalue weighted by Gasteiger charge is 2.30. The summed E-state index contributed by atoms with van der Waals surface area (Å²) in [6.45, 7) is 5.55. The summed E-state index contributed by atoms with van der Waals surface area (Å²) in [4.78, 5) is 17.3. The van der Waals surface area contributed by atoms with Crippen LogP contribution in [0.1, 0.15) is 64.0 Å². The number of carbonyl (C=O) groups is 1. The van der Waals surface area contributed by atoms with E-state index in [9.17, 15) is 4.79 Å². The summed E-state index contributed by atoms with van der Waals surface area (Å²) in [5.74, 6) is 0.902. The van der Waals surface area contributed by atoms with E-state index < -0.39 is 0 Å². The first-order valence-electron chi connectivity index (χ1n) is 13.3. The highest BCUT2D eigenvalue weighted by Crippen LogP contribution is 2.44. The van der Waals surface area contributed by atoms with Crippen LogP contribution in [0.25, 0.3) is 22.2 Å². The van der Waals surface area contributed by atoms with Gasteiger partial charge in [0.25, 0.3) is 0 Å². The zero-order chi connectivity index (χ0) is 24.6. The first-order chi connectivity index (χ1) is 17.6. The zero-order valence-corrected chi connectivity index (χ0v) is 21.1. The highest BCUT2D eigenvalue weighted by molar-refractivity contribution is 6.23. The Bertz CT molecular complexity index is 1360. The monoisotopic (exact) mass is 482 g/mol. The molecule has 2 heterocycles. The van der Waals surface area contributed by atoms with Crippen molar-refractivity contribution >= 4 is 28.3 Å². The highest BCUT2D eigenvalue weighted by atomic mass is 16.5. The predicted molar refractivity (Wildman–Crippen MR) is 146 cm³/mol. The first-order valence-corrected chi connectivity index (χ1v) is 13.3. The van der Waals surface area contributed by atoms with Gasteiger partial charge in [-0.3, -0.25) is 4.99 Å². The van der Waals surface area contributed by atoms with Gasteiger partial charge in [-0.25, -0.2) is 4.79 Å². The topological polar surface area (TPSA) is 67.7 Å². The number of amides is 2. The van der Waals surface area contributed by atoms with Crippen LogP contribution in [-0.2, 0) is 0 Å². The molecule has 6 rings (SSSR count). The molecule has 3 aliphatic rings. The van der Waals surface area contributed by atoms with Crippen molar-refractivity contribution in [3.63, 3.8) is 0 Å². The minimum atomic E-state index is -0.124. The van der Waals surface area contributed by atoms with Crippen molar-refractivity contribution in [2.24, 2.45) is 4.99 Å². The van der Waals surface area contributed by atoms with Crippen molar-refractivity contribution in [2.75, 3.05) is 18.5 Å². The zero-order valence-electron chi connectivity index (χ0n) is 21.1. The predicted octanol–water partition coefficient (Wildman–Crippen LogP) is 6.86. The van der Waals surface area contributed by atoms with E-state index in [1.54, 1.807) is 0 Å². The van der Waals surface area contributed by atoms with Crippen molar-refractivity contribution in [1.29, 1.82) is 0 Å². The lowest BCUT2D eigenvalue weighted by atomic mass is 9.91. The third-order valence-electron chi connectivity index (χ3n) is 7.84. The minimum Gasteiger partial charge on any atom is -0.494 e. The SMILES string of the molecule is CCOc1ccc2c(C3=NCC=C3C)c(-c3ccc(NC(=O)NC4CCC4)cc3)n(C3CCC3)c2c1. The van der Waals surface area contributed by atoms with Gasteiger partial charge < -0.3 is 19.9 Å². The molecule has 186 valence electrons. The molecule has 1 aromatic heterocycles. The molecule has 2 amide bonds. The number of aromatic nitrogens is 1. The van der Waals surface area contributed by atoms with Gasteiger partial charge in [0.05, 0.1) is 30.1 Å². The van der Waals surface area contributed by atoms with E-state index in [0.29, 0.717) is 18.7 Å². The Kier molecular flexibility index (Phi) is 6.04. The summed E-state index contributed by atoms with van der Waals surface area (Å²) in [5, 5.41) is 7.26. The molecule has 0 bridgehead atoms. The van der Waals surface area contributed by atoms with Gasteiger partial charge in [-0.1, -0.05) is 18.2 Å². The number of hydrogen-bond donors (Lipinski definition) is 2. The molecule has 0 unspecified atom stereocenters. The molecule has 6 heteroatoms. The van der Waals surface area contributed by atoms with E-state index in [2.05, 4.69) is 58.5 Å². The lowest BCUT2D eigenvalue weighted by molar-refractivity contribution is 0.240. The second kappa shape index (κ2) is 9.49. The molecule has 2 fully saturated rings. The number of aliphatic imine (C=N–C) groups is 1. The van der Waals surface area contributed by atoms with Gasteiger partial charge in [0.2, 0.25) is 0 Å². The fraction of sp³-hybridized carbons (Fsp3) is 0.400. The molecule has 2 saturated carbocycles. The molecule has 2 N–H and O–H groups in total. The number of allylic oxidation sites excluding steroid dienone is 1. The number of benzene rings is 2. The summed E-state index contributed by atoms with van der Waals surface area (Å²) in [6, 6.07) is 15.4. The summed E-state index contributed by atoms with van der Waals surface area (Å²) in [7, 11) is 0. The number of rotatable bonds is 7. The van der Waals surface area contributed by atoms with Crippen LogP contribution in [0.3, 0.4) is 0 Å². The number of nitrogens with zero attached hydrogens (tertiary/aromatic N) is 2. The largest absolute Gasteiger partial charge is 0.494 e. The van der Waals surface area contributed by atoms with E-state index in [4.69, 9.17) is 9.73 Å². The number of carbonyl (C=O) groups excluding carboxylic acids is 1. The van der Waals surface area contributed by atoms with Crippen LogP contribution in [0.5, 0.6) is 5.75 Å². The smallest absolute Gasteiger partial charge is 0.319 e. The molecule has 0 spiro atoms. The minimum absolute atomic E-state index is 0.124. The number of nitrogens with one attached hydrogen (secondary N) is 2. The number of anilines is 1. The lowest BCUT2D eigenvalue weighted by Gasteiger charge is -2.30. The van der Waals surface area contributed by atoms with Gasteiger partial charge >= 0.3 is 6.03 Å². The number of fused-ring (bicyclic) bond motifs is 1. The van der Waals surface area contributed by atoms with E-state index in [1.807, 2.05) is 19.1 Å². The van der Waals surface area contributed by atoms with Crippen LogP contribution in [0.4, 0.5) is 10.5 Å². The molecule has 2 aliphatic carbocycles. The van der Waals surface area contributed by atoms with Gasteiger partial charge in [-0.05, 0) is 87.8 Å². The van der Waals surface area contributed by atoms with Crippen LogP contribution >= 0.6 is 0 Å². The molecule has 36 heavy (non-hydrogen) atoms. The maximum Gasteiger partial charge on any atom is 0.319 e. The van der Waals surface area contributed by atoms with Gasteiger partial charge in [-0.2, -0.15) is 0 Å². The Morgan fingerprint density at radius 1 is 1.08 bits per heavy atom. The van der Waals surface area contributed by atoms with Crippen LogP contribution in [0, 0.1) is 0 Å². The van der Waals surface area contributed by atoms with E-state index in [1.165, 1.54) is 53.4 Å². The first kappa shape index (κ1) is 22.9. The third-order valence-corrected chi connectivity index (χ3v) is 7.84. The molecule has 0 radical (unpaired) electrons. The Morgan fingerprint density at radius 3 is 2.47 bits per heavy atom. The van der Waals surface area contributed by atoms with Crippen molar-refractivity contribution in [2.45, 2.75) is 64.5 Å². The second-order valence-electron chi connectivity index (χ2n) is 10.2. The maximum absolute atomic E-state index is 12.4. The van der Waals surface area contributed by atoms with Crippen molar-refractivity contribution in [1.82, 2.24) is 9.88 Å². The van der Waals surface area contributed by atoms with Gasteiger partial charge in [0, 0.05) is 34.8 Å². The van der Waals surface area contributed by atoms with Crippen molar-refractivity contribution in [3.8, 4) is 17.0 Å². The normalized spacial score (nSPS) is 17.8. The van der Waals surface area contributed by atoms with Crippen molar-refractivity contribution in [3.05, 3.63) is 59.7 Å². The Labute approximate surface area is 212 Å². The maximum atomic E-state index is 12.4. The summed E-state index contributed by atoms with van der Waals surface area (Å²) in [5.41, 5.74) is 7.87. The Balaban J connectivity index is 1.44. The standard InChI is InChI=1S/C30H34N4O2/c1-3-36-24-14-15-25-26(18-24)34(23-8-5-9-23)29(27(25)28-19(2)16-17-31-28)20-10-12-22(13-11-20)33-30(35)32-21-6-4-7-21/h10-16,18,21,23H,3-9,17H2,1-2H3,(H2,32,33,35). The quantitative estimate of drug-likeness (QED) is 0.386. The number of ether oxygens (including phenoxy) is 1. The van der Waals surface area contributed by atoms with Crippen LogP contribution in [-0.4, -0.2) is 35.5 Å². The van der Waals surface area contributed by atoms with Crippen LogP contribution in [0.2, 0.25) is 0 Å². The second-order valence-corrected chi connectivity index (χ2v) is 10.2. The average Bonchev–Trinajstić information content (AvgIpc) is 3.37. The molecular weight excluding hydrogens is 448 g/mol. The van der Waals surface area contributed by atoms with Gasteiger partial charge in [0.1, 0.15) is 5.75 Å². The molecular formula is C30H34N4O2. The summed E-state index contributed by atoms with van der Waals surface area (Å²) < 4.78 is 8.42. The molecule has 6 nitrogen and oxygen atoms in total. The summed E-state index contributed by atoms with van der Waals surface area (Å²) >= 11 is 0. The summed E-state index contributed by atoms with van der Waals surface area (Å²) in [6.07, 6.45) is 9.15. The fourth-order valence-electron chi connectivity index (χ4n) is 5.48. The van der Waals surface area contributed by atoms with E-state index >= 15 is 0 Å². The fourth-order valence-corrected chi connectivity index (χ4v) is 5.48. The molecule has 0 saturated heterocycles. The Hall–Kier alpha value is -3.54.